The monoisotopic (exact) mass is 311 g/mol. The van der Waals surface area contributed by atoms with E-state index >= 15 is 0 Å². The first kappa shape index (κ1) is 16.2. The standard InChI is InChI=1S/C17H26ClNS/c1-12(2)19-11-14-7-5-9-16(18)17(14)20-15-8-4-6-13(3)10-15/h5,7,9,12-13,15,19H,4,6,8,10-11H2,1-3H3. The molecular weight excluding hydrogens is 286 g/mol. The van der Waals surface area contributed by atoms with Crippen molar-refractivity contribution in [2.45, 2.75) is 69.2 Å². The van der Waals surface area contributed by atoms with E-state index < -0.39 is 0 Å². The number of nitrogens with one attached hydrogen (secondary N) is 1. The van der Waals surface area contributed by atoms with E-state index in [-0.39, 0.29) is 0 Å². The van der Waals surface area contributed by atoms with Gasteiger partial charge >= 0.3 is 0 Å². The molecule has 20 heavy (non-hydrogen) atoms. The Morgan fingerprint density at radius 1 is 1.35 bits per heavy atom. The number of halogens is 1. The number of rotatable bonds is 5. The first-order chi connectivity index (χ1) is 9.56. The Morgan fingerprint density at radius 2 is 2.15 bits per heavy atom. The van der Waals surface area contributed by atoms with E-state index in [0.717, 1.165) is 22.7 Å². The van der Waals surface area contributed by atoms with E-state index in [1.807, 2.05) is 17.8 Å². The SMILES string of the molecule is CC1CCCC(Sc2c(Cl)cccc2CNC(C)C)C1. The third-order valence-electron chi connectivity index (χ3n) is 3.92. The van der Waals surface area contributed by atoms with Gasteiger partial charge in [0.25, 0.3) is 0 Å². The second-order valence-corrected chi connectivity index (χ2v) is 7.99. The molecule has 0 bridgehead atoms. The third-order valence-corrected chi connectivity index (χ3v) is 5.83. The van der Waals surface area contributed by atoms with Crippen molar-refractivity contribution in [1.82, 2.24) is 5.32 Å². The Hall–Kier alpha value is -0.180. The van der Waals surface area contributed by atoms with Crippen molar-refractivity contribution < 1.29 is 0 Å². The highest BCUT2D eigenvalue weighted by molar-refractivity contribution is 8.00. The summed E-state index contributed by atoms with van der Waals surface area (Å²) in [7, 11) is 0. The van der Waals surface area contributed by atoms with Gasteiger partial charge in [0.1, 0.15) is 0 Å². The van der Waals surface area contributed by atoms with Crippen molar-refractivity contribution in [2.24, 2.45) is 5.92 Å². The zero-order chi connectivity index (χ0) is 14.5. The van der Waals surface area contributed by atoms with E-state index in [9.17, 15) is 0 Å². The minimum atomic E-state index is 0.501. The van der Waals surface area contributed by atoms with Gasteiger partial charge in [-0.3, -0.25) is 0 Å². The van der Waals surface area contributed by atoms with Crippen LogP contribution in [0, 0.1) is 5.92 Å². The van der Waals surface area contributed by atoms with Crippen LogP contribution >= 0.6 is 23.4 Å². The normalized spacial score (nSPS) is 23.2. The van der Waals surface area contributed by atoms with Gasteiger partial charge in [-0.25, -0.2) is 0 Å². The molecule has 1 aromatic carbocycles. The summed E-state index contributed by atoms with van der Waals surface area (Å²) in [5, 5.41) is 5.15. The van der Waals surface area contributed by atoms with Crippen LogP contribution in [0.2, 0.25) is 5.02 Å². The summed E-state index contributed by atoms with van der Waals surface area (Å²) in [5.74, 6) is 0.862. The molecule has 2 rings (SSSR count). The van der Waals surface area contributed by atoms with Gasteiger partial charge in [0, 0.05) is 22.7 Å². The fourth-order valence-electron chi connectivity index (χ4n) is 2.79. The molecule has 1 saturated carbocycles. The molecule has 3 heteroatoms. The van der Waals surface area contributed by atoms with Crippen LogP contribution < -0.4 is 5.32 Å². The van der Waals surface area contributed by atoms with E-state index in [4.69, 9.17) is 11.6 Å². The van der Waals surface area contributed by atoms with Gasteiger partial charge in [-0.1, -0.05) is 57.3 Å². The van der Waals surface area contributed by atoms with Gasteiger partial charge < -0.3 is 5.32 Å². The third kappa shape index (κ3) is 4.68. The minimum absolute atomic E-state index is 0.501. The summed E-state index contributed by atoms with van der Waals surface area (Å²) in [5.41, 5.74) is 1.34. The van der Waals surface area contributed by atoms with Crippen molar-refractivity contribution in [2.75, 3.05) is 0 Å². The molecule has 1 N–H and O–H groups in total. The van der Waals surface area contributed by atoms with Crippen LogP contribution in [0.15, 0.2) is 23.1 Å². The Labute approximate surface area is 132 Å². The van der Waals surface area contributed by atoms with Gasteiger partial charge in [-0.15, -0.1) is 11.8 Å². The molecule has 0 saturated heterocycles. The molecule has 0 radical (unpaired) electrons. The molecule has 1 aliphatic carbocycles. The first-order valence-corrected chi connectivity index (χ1v) is 8.99. The zero-order valence-corrected chi connectivity index (χ0v) is 14.4. The highest BCUT2D eigenvalue weighted by Gasteiger charge is 2.21. The molecule has 1 aromatic rings. The Kier molecular flexibility index (Phi) is 6.25. The Morgan fingerprint density at radius 3 is 2.85 bits per heavy atom. The predicted molar refractivity (Wildman–Crippen MR) is 90.7 cm³/mol. The van der Waals surface area contributed by atoms with E-state index in [0.29, 0.717) is 6.04 Å². The van der Waals surface area contributed by atoms with Gasteiger partial charge in [0.15, 0.2) is 0 Å². The second-order valence-electron chi connectivity index (χ2n) is 6.28. The van der Waals surface area contributed by atoms with E-state index in [1.165, 1.54) is 36.1 Å². The lowest BCUT2D eigenvalue weighted by Crippen LogP contribution is -2.22. The van der Waals surface area contributed by atoms with Crippen molar-refractivity contribution in [3.8, 4) is 0 Å². The molecule has 0 aromatic heterocycles. The number of benzene rings is 1. The smallest absolute Gasteiger partial charge is 0.0545 e. The average Bonchev–Trinajstić information content (AvgIpc) is 2.39. The van der Waals surface area contributed by atoms with Crippen LogP contribution in [0.1, 0.15) is 52.0 Å². The molecule has 0 amide bonds. The van der Waals surface area contributed by atoms with Gasteiger partial charge in [-0.2, -0.15) is 0 Å². The van der Waals surface area contributed by atoms with Crippen molar-refractivity contribution in [3.05, 3.63) is 28.8 Å². The van der Waals surface area contributed by atoms with Crippen LogP contribution in [0.3, 0.4) is 0 Å². The maximum atomic E-state index is 6.45. The summed E-state index contributed by atoms with van der Waals surface area (Å²) in [4.78, 5) is 1.29. The van der Waals surface area contributed by atoms with Crippen LogP contribution in [0.5, 0.6) is 0 Å². The summed E-state index contributed by atoms with van der Waals surface area (Å²) < 4.78 is 0. The molecule has 1 aliphatic rings. The second kappa shape index (κ2) is 7.72. The molecule has 2 atom stereocenters. The van der Waals surface area contributed by atoms with Crippen LogP contribution in [-0.2, 0) is 6.54 Å². The Balaban J connectivity index is 2.08. The van der Waals surface area contributed by atoms with Crippen molar-refractivity contribution in [1.29, 1.82) is 0 Å². The summed E-state index contributed by atoms with van der Waals surface area (Å²) in [6.07, 6.45) is 5.41. The number of thioether (sulfide) groups is 1. The highest BCUT2D eigenvalue weighted by Crippen LogP contribution is 2.40. The van der Waals surface area contributed by atoms with Crippen LogP contribution in [0.4, 0.5) is 0 Å². The molecular formula is C17H26ClNS. The number of hydrogen-bond acceptors (Lipinski definition) is 2. The van der Waals surface area contributed by atoms with Gasteiger partial charge in [0.05, 0.1) is 5.02 Å². The molecule has 0 heterocycles. The van der Waals surface area contributed by atoms with E-state index in [1.54, 1.807) is 0 Å². The zero-order valence-electron chi connectivity index (χ0n) is 12.8. The predicted octanol–water partition coefficient (Wildman–Crippen LogP) is 5.51. The molecule has 0 aliphatic heterocycles. The maximum absolute atomic E-state index is 6.45. The lowest BCUT2D eigenvalue weighted by Gasteiger charge is -2.27. The van der Waals surface area contributed by atoms with E-state index in [2.05, 4.69) is 38.2 Å². The molecule has 1 nitrogen and oxygen atoms in total. The number of hydrogen-bond donors (Lipinski definition) is 1. The molecule has 112 valence electrons. The van der Waals surface area contributed by atoms with Gasteiger partial charge in [0.2, 0.25) is 0 Å². The quantitative estimate of drug-likeness (QED) is 0.769. The lowest BCUT2D eigenvalue weighted by molar-refractivity contribution is 0.394. The molecule has 0 spiro atoms. The Bertz CT molecular complexity index is 433. The maximum Gasteiger partial charge on any atom is 0.0545 e. The van der Waals surface area contributed by atoms with Crippen molar-refractivity contribution >= 4 is 23.4 Å². The largest absolute Gasteiger partial charge is 0.310 e. The van der Waals surface area contributed by atoms with Gasteiger partial charge in [-0.05, 0) is 30.4 Å². The summed E-state index contributed by atoms with van der Waals surface area (Å²) in [6, 6.07) is 6.79. The molecule has 1 fully saturated rings. The topological polar surface area (TPSA) is 12.0 Å². The summed E-state index contributed by atoms with van der Waals surface area (Å²) >= 11 is 8.45. The summed E-state index contributed by atoms with van der Waals surface area (Å²) in [6.45, 7) is 7.64. The highest BCUT2D eigenvalue weighted by atomic mass is 35.5. The molecule has 2 unspecified atom stereocenters. The van der Waals surface area contributed by atoms with Crippen molar-refractivity contribution in [3.63, 3.8) is 0 Å². The lowest BCUT2D eigenvalue weighted by atomic mass is 9.91. The fraction of sp³-hybridized carbons (Fsp3) is 0.647. The first-order valence-electron chi connectivity index (χ1n) is 7.73. The van der Waals surface area contributed by atoms with Crippen LogP contribution in [0.25, 0.3) is 0 Å². The average molecular weight is 312 g/mol. The van der Waals surface area contributed by atoms with Crippen LogP contribution in [-0.4, -0.2) is 11.3 Å². The minimum Gasteiger partial charge on any atom is -0.310 e. The fourth-order valence-corrected chi connectivity index (χ4v) is 4.63.